The van der Waals surface area contributed by atoms with Gasteiger partial charge in [0.15, 0.2) is 5.69 Å². The fourth-order valence-electron chi connectivity index (χ4n) is 2.20. The van der Waals surface area contributed by atoms with Crippen molar-refractivity contribution in [2.45, 2.75) is 33.6 Å². The molecule has 0 unspecified atom stereocenters. The molecule has 0 saturated carbocycles. The van der Waals surface area contributed by atoms with Gasteiger partial charge in [0.05, 0.1) is 18.7 Å². The number of carbonyl (C=O) groups is 1. The fourth-order valence-corrected chi connectivity index (χ4v) is 2.20. The molecular weight excluding hydrogens is 285 g/mol. The van der Waals surface area contributed by atoms with Crippen LogP contribution in [0.15, 0.2) is 18.2 Å². The average molecular weight is 305 g/mol. The van der Waals surface area contributed by atoms with Crippen molar-refractivity contribution >= 4 is 16.9 Å². The number of ether oxygens (including phenoxy) is 2. The van der Waals surface area contributed by atoms with E-state index in [1.807, 2.05) is 0 Å². The number of benzene rings is 1. The zero-order valence-corrected chi connectivity index (χ0v) is 13.1. The van der Waals surface area contributed by atoms with Gasteiger partial charge in [-0.3, -0.25) is 0 Å². The van der Waals surface area contributed by atoms with E-state index in [-0.39, 0.29) is 18.1 Å². The maximum absolute atomic E-state index is 13.5. The lowest BCUT2D eigenvalue weighted by molar-refractivity contribution is 0.0518. The standard InChI is InChI=1S/C17H20FNO3/c1-4-6-9-22-16-11(3)15(17(20)21-5-2)19-14-8-7-12(18)10-13(14)16/h7-8,10H,4-6,9H2,1-3H3. The Morgan fingerprint density at radius 3 is 2.77 bits per heavy atom. The summed E-state index contributed by atoms with van der Waals surface area (Å²) in [6.45, 7) is 6.32. The zero-order valence-electron chi connectivity index (χ0n) is 13.1. The molecule has 0 aliphatic rings. The number of nitrogens with zero attached hydrogens (tertiary/aromatic N) is 1. The van der Waals surface area contributed by atoms with Crippen molar-refractivity contribution in [2.75, 3.05) is 13.2 Å². The van der Waals surface area contributed by atoms with Crippen molar-refractivity contribution in [3.63, 3.8) is 0 Å². The average Bonchev–Trinajstić information content (AvgIpc) is 2.49. The summed E-state index contributed by atoms with van der Waals surface area (Å²) in [4.78, 5) is 16.3. The molecule has 1 heterocycles. The number of rotatable bonds is 6. The number of pyridine rings is 1. The third kappa shape index (κ3) is 3.35. The summed E-state index contributed by atoms with van der Waals surface area (Å²) in [5, 5.41) is 0.571. The number of unbranched alkanes of at least 4 members (excludes halogenated alkanes) is 1. The number of aromatic nitrogens is 1. The van der Waals surface area contributed by atoms with Gasteiger partial charge in [0.25, 0.3) is 0 Å². The molecule has 0 aliphatic carbocycles. The maximum atomic E-state index is 13.5. The first kappa shape index (κ1) is 16.2. The summed E-state index contributed by atoms with van der Waals surface area (Å²) in [6.07, 6.45) is 1.87. The van der Waals surface area contributed by atoms with Gasteiger partial charge in [0, 0.05) is 10.9 Å². The number of hydrogen-bond acceptors (Lipinski definition) is 4. The second-order valence-corrected chi connectivity index (χ2v) is 5.00. The number of hydrogen-bond donors (Lipinski definition) is 0. The molecule has 118 valence electrons. The van der Waals surface area contributed by atoms with Crippen LogP contribution in [-0.4, -0.2) is 24.2 Å². The number of carbonyl (C=O) groups excluding carboxylic acids is 1. The largest absolute Gasteiger partial charge is 0.493 e. The minimum Gasteiger partial charge on any atom is -0.493 e. The molecule has 0 bridgehead atoms. The SMILES string of the molecule is CCCCOc1c(C)c(C(=O)OCC)nc2ccc(F)cc12. The molecule has 0 saturated heterocycles. The first-order valence-electron chi connectivity index (χ1n) is 7.48. The number of esters is 1. The van der Waals surface area contributed by atoms with Crippen LogP contribution in [0.4, 0.5) is 4.39 Å². The number of fused-ring (bicyclic) bond motifs is 1. The Kier molecular flexibility index (Phi) is 5.31. The Morgan fingerprint density at radius 1 is 1.32 bits per heavy atom. The van der Waals surface area contributed by atoms with Crippen LogP contribution in [0, 0.1) is 12.7 Å². The van der Waals surface area contributed by atoms with Gasteiger partial charge in [0.1, 0.15) is 11.6 Å². The van der Waals surface area contributed by atoms with Gasteiger partial charge >= 0.3 is 5.97 Å². The molecule has 22 heavy (non-hydrogen) atoms. The van der Waals surface area contributed by atoms with Crippen molar-refractivity contribution in [3.05, 3.63) is 35.3 Å². The summed E-state index contributed by atoms with van der Waals surface area (Å²) < 4.78 is 24.4. The minimum absolute atomic E-state index is 0.215. The van der Waals surface area contributed by atoms with Gasteiger partial charge < -0.3 is 9.47 Å². The second-order valence-electron chi connectivity index (χ2n) is 5.00. The molecule has 0 fully saturated rings. The van der Waals surface area contributed by atoms with E-state index >= 15 is 0 Å². The summed E-state index contributed by atoms with van der Waals surface area (Å²) >= 11 is 0. The highest BCUT2D eigenvalue weighted by Crippen LogP contribution is 2.31. The van der Waals surface area contributed by atoms with Gasteiger partial charge in [-0.05, 0) is 38.5 Å². The normalized spacial score (nSPS) is 10.7. The van der Waals surface area contributed by atoms with Crippen molar-refractivity contribution in [3.8, 4) is 5.75 Å². The highest BCUT2D eigenvalue weighted by Gasteiger charge is 2.19. The Bertz CT molecular complexity index is 685. The van der Waals surface area contributed by atoms with Crippen LogP contribution in [0.2, 0.25) is 0 Å². The summed E-state index contributed by atoms with van der Waals surface area (Å²) in [7, 11) is 0. The predicted octanol–water partition coefficient (Wildman–Crippen LogP) is 4.04. The lowest BCUT2D eigenvalue weighted by atomic mass is 10.1. The van der Waals surface area contributed by atoms with Crippen molar-refractivity contribution in [2.24, 2.45) is 0 Å². The van der Waals surface area contributed by atoms with Gasteiger partial charge in [-0.2, -0.15) is 0 Å². The molecule has 0 aliphatic heterocycles. The molecule has 0 radical (unpaired) electrons. The highest BCUT2D eigenvalue weighted by molar-refractivity contribution is 5.96. The molecule has 2 rings (SSSR count). The van der Waals surface area contributed by atoms with Gasteiger partial charge in [-0.15, -0.1) is 0 Å². The predicted molar refractivity (Wildman–Crippen MR) is 82.8 cm³/mol. The quantitative estimate of drug-likeness (QED) is 0.597. The van der Waals surface area contributed by atoms with Crippen LogP contribution in [-0.2, 0) is 4.74 Å². The van der Waals surface area contributed by atoms with E-state index in [0.717, 1.165) is 12.8 Å². The number of halogens is 1. The molecule has 1 aromatic heterocycles. The van der Waals surface area contributed by atoms with Crippen LogP contribution < -0.4 is 4.74 Å². The molecule has 2 aromatic rings. The Morgan fingerprint density at radius 2 is 2.09 bits per heavy atom. The Hall–Kier alpha value is -2.17. The molecule has 1 aromatic carbocycles. The molecule has 0 spiro atoms. The Balaban J connectivity index is 2.56. The van der Waals surface area contributed by atoms with E-state index in [9.17, 15) is 9.18 Å². The van der Waals surface area contributed by atoms with Gasteiger partial charge in [-0.1, -0.05) is 13.3 Å². The maximum Gasteiger partial charge on any atom is 0.357 e. The molecule has 0 amide bonds. The minimum atomic E-state index is -0.494. The van der Waals surface area contributed by atoms with E-state index < -0.39 is 5.97 Å². The fraction of sp³-hybridized carbons (Fsp3) is 0.412. The molecule has 0 N–H and O–H groups in total. The molecule has 4 nitrogen and oxygen atoms in total. The molecule has 0 atom stereocenters. The van der Waals surface area contributed by atoms with Crippen LogP contribution in [0.25, 0.3) is 10.9 Å². The van der Waals surface area contributed by atoms with E-state index in [0.29, 0.717) is 28.8 Å². The van der Waals surface area contributed by atoms with Crippen LogP contribution >= 0.6 is 0 Å². The first-order valence-corrected chi connectivity index (χ1v) is 7.48. The van der Waals surface area contributed by atoms with E-state index in [1.54, 1.807) is 19.9 Å². The van der Waals surface area contributed by atoms with Crippen LogP contribution in [0.5, 0.6) is 5.75 Å². The van der Waals surface area contributed by atoms with Crippen molar-refractivity contribution in [1.29, 1.82) is 0 Å². The van der Waals surface area contributed by atoms with Gasteiger partial charge in [0.2, 0.25) is 0 Å². The third-order valence-corrected chi connectivity index (χ3v) is 3.34. The second kappa shape index (κ2) is 7.20. The monoisotopic (exact) mass is 305 g/mol. The summed E-state index contributed by atoms with van der Waals surface area (Å²) in [6, 6.07) is 4.24. The molecule has 5 heteroatoms. The van der Waals surface area contributed by atoms with E-state index in [1.165, 1.54) is 12.1 Å². The lowest BCUT2D eigenvalue weighted by Crippen LogP contribution is -2.11. The smallest absolute Gasteiger partial charge is 0.357 e. The zero-order chi connectivity index (χ0) is 16.1. The van der Waals surface area contributed by atoms with E-state index in [2.05, 4.69) is 11.9 Å². The van der Waals surface area contributed by atoms with Crippen LogP contribution in [0.3, 0.4) is 0 Å². The highest BCUT2D eigenvalue weighted by atomic mass is 19.1. The summed E-state index contributed by atoms with van der Waals surface area (Å²) in [5.74, 6) is -0.356. The van der Waals surface area contributed by atoms with Crippen LogP contribution in [0.1, 0.15) is 42.7 Å². The Labute approximate surface area is 129 Å². The van der Waals surface area contributed by atoms with Gasteiger partial charge in [-0.25, -0.2) is 14.2 Å². The lowest BCUT2D eigenvalue weighted by Gasteiger charge is -2.14. The topological polar surface area (TPSA) is 48.4 Å². The summed E-state index contributed by atoms with van der Waals surface area (Å²) in [5.41, 5.74) is 1.31. The first-order chi connectivity index (χ1) is 10.6. The van der Waals surface area contributed by atoms with E-state index in [4.69, 9.17) is 9.47 Å². The van der Waals surface area contributed by atoms with Crippen molar-refractivity contribution in [1.82, 2.24) is 4.98 Å². The molecular formula is C17H20FNO3. The third-order valence-electron chi connectivity index (χ3n) is 3.34. The van der Waals surface area contributed by atoms with Crippen molar-refractivity contribution < 1.29 is 18.7 Å².